The summed E-state index contributed by atoms with van der Waals surface area (Å²) in [4.78, 5) is 30.2. The van der Waals surface area contributed by atoms with E-state index in [2.05, 4.69) is 4.98 Å². The number of nitrogens with zero attached hydrogens (tertiary/aromatic N) is 2. The fourth-order valence-electron chi connectivity index (χ4n) is 3.26. The Balaban J connectivity index is 1.46. The summed E-state index contributed by atoms with van der Waals surface area (Å²) in [6.07, 6.45) is 5.10. The minimum atomic E-state index is -0.223. The summed E-state index contributed by atoms with van der Waals surface area (Å²) in [6.45, 7) is 0.309. The highest BCUT2D eigenvalue weighted by Crippen LogP contribution is 2.33. The lowest BCUT2D eigenvalue weighted by atomic mass is 10.1. The van der Waals surface area contributed by atoms with E-state index in [1.54, 1.807) is 36.7 Å². The second kappa shape index (κ2) is 5.59. The molecule has 1 fully saturated rings. The van der Waals surface area contributed by atoms with E-state index in [1.807, 2.05) is 12.1 Å². The second-order valence-electron chi connectivity index (χ2n) is 5.88. The van der Waals surface area contributed by atoms with Gasteiger partial charge in [-0.05, 0) is 36.6 Å². The van der Waals surface area contributed by atoms with Crippen molar-refractivity contribution in [3.05, 3.63) is 65.5 Å². The lowest BCUT2D eigenvalue weighted by molar-refractivity contribution is 0.0215. The number of aromatic nitrogens is 1. The number of amides is 2. The highest BCUT2D eigenvalue weighted by molar-refractivity contribution is 6.21. The maximum Gasteiger partial charge on any atom is 0.261 e. The Morgan fingerprint density at radius 1 is 1.04 bits per heavy atom. The number of pyridine rings is 1. The standard InChI is InChI=1S/C18H16N2O3/c21-17-14-5-1-2-6-15(14)18(22)20(17)11-13-7-8-16(23-13)12-4-3-9-19-10-12/h1-6,9-10,13,16H,7-8,11H2. The van der Waals surface area contributed by atoms with Crippen LogP contribution in [-0.4, -0.2) is 34.3 Å². The molecule has 2 unspecified atom stereocenters. The van der Waals surface area contributed by atoms with Crippen molar-refractivity contribution in [2.75, 3.05) is 6.54 Å². The predicted octanol–water partition coefficient (Wildman–Crippen LogP) is 2.60. The molecule has 2 amide bonds. The predicted molar refractivity (Wildman–Crippen MR) is 82.9 cm³/mol. The number of benzene rings is 1. The second-order valence-corrected chi connectivity index (χ2v) is 5.88. The number of fused-ring (bicyclic) bond motifs is 1. The van der Waals surface area contributed by atoms with E-state index in [1.165, 1.54) is 4.90 Å². The number of imide groups is 1. The molecule has 2 aliphatic rings. The highest BCUT2D eigenvalue weighted by atomic mass is 16.5. The van der Waals surface area contributed by atoms with Crippen LogP contribution in [0.2, 0.25) is 0 Å². The molecule has 0 spiro atoms. The Morgan fingerprint density at radius 3 is 2.43 bits per heavy atom. The Labute approximate surface area is 133 Å². The molecule has 4 rings (SSSR count). The van der Waals surface area contributed by atoms with E-state index >= 15 is 0 Å². The zero-order valence-corrected chi connectivity index (χ0v) is 12.5. The van der Waals surface area contributed by atoms with Crippen LogP contribution in [-0.2, 0) is 4.74 Å². The van der Waals surface area contributed by atoms with Gasteiger partial charge in [-0.3, -0.25) is 19.5 Å². The van der Waals surface area contributed by atoms with E-state index in [-0.39, 0.29) is 24.0 Å². The van der Waals surface area contributed by atoms with Crippen molar-refractivity contribution in [3.63, 3.8) is 0 Å². The van der Waals surface area contributed by atoms with Crippen LogP contribution in [0.1, 0.15) is 45.2 Å². The fraction of sp³-hybridized carbons (Fsp3) is 0.278. The average molecular weight is 308 g/mol. The van der Waals surface area contributed by atoms with Crippen molar-refractivity contribution in [1.82, 2.24) is 9.88 Å². The Morgan fingerprint density at radius 2 is 1.78 bits per heavy atom. The largest absolute Gasteiger partial charge is 0.368 e. The van der Waals surface area contributed by atoms with E-state index in [0.717, 1.165) is 18.4 Å². The molecule has 2 aliphatic heterocycles. The topological polar surface area (TPSA) is 59.5 Å². The van der Waals surface area contributed by atoms with Crippen molar-refractivity contribution in [2.45, 2.75) is 25.0 Å². The summed E-state index contributed by atoms with van der Waals surface area (Å²) in [5.74, 6) is -0.446. The van der Waals surface area contributed by atoms with Gasteiger partial charge in [-0.15, -0.1) is 0 Å². The summed E-state index contributed by atoms with van der Waals surface area (Å²) >= 11 is 0. The van der Waals surface area contributed by atoms with Crippen LogP contribution >= 0.6 is 0 Å². The summed E-state index contributed by atoms with van der Waals surface area (Å²) in [7, 11) is 0. The zero-order valence-electron chi connectivity index (χ0n) is 12.5. The first kappa shape index (κ1) is 14.1. The molecule has 0 saturated carbocycles. The van der Waals surface area contributed by atoms with Gasteiger partial charge in [-0.25, -0.2) is 0 Å². The minimum absolute atomic E-state index is 0.0103. The normalized spacial score (nSPS) is 23.4. The number of carbonyl (C=O) groups excluding carboxylic acids is 2. The molecular formula is C18H16N2O3. The quantitative estimate of drug-likeness (QED) is 0.818. The molecule has 0 radical (unpaired) electrons. The van der Waals surface area contributed by atoms with Crippen molar-refractivity contribution in [1.29, 1.82) is 0 Å². The van der Waals surface area contributed by atoms with E-state index < -0.39 is 0 Å². The van der Waals surface area contributed by atoms with Crippen LogP contribution in [0.3, 0.4) is 0 Å². The van der Waals surface area contributed by atoms with Crippen molar-refractivity contribution >= 4 is 11.8 Å². The van der Waals surface area contributed by atoms with Gasteiger partial charge in [0.25, 0.3) is 11.8 Å². The Kier molecular flexibility index (Phi) is 3.42. The first-order valence-corrected chi connectivity index (χ1v) is 7.74. The number of hydrogen-bond acceptors (Lipinski definition) is 4. The molecule has 5 heteroatoms. The van der Waals surface area contributed by atoms with Gasteiger partial charge >= 0.3 is 0 Å². The first-order valence-electron chi connectivity index (χ1n) is 7.74. The smallest absolute Gasteiger partial charge is 0.261 e. The maximum atomic E-state index is 12.4. The molecule has 2 aromatic rings. The number of hydrogen-bond donors (Lipinski definition) is 0. The third-order valence-electron chi connectivity index (χ3n) is 4.43. The van der Waals surface area contributed by atoms with Gasteiger partial charge in [-0.1, -0.05) is 18.2 Å². The number of carbonyl (C=O) groups is 2. The molecule has 0 bridgehead atoms. The van der Waals surface area contributed by atoms with Gasteiger partial charge in [0.05, 0.1) is 29.9 Å². The van der Waals surface area contributed by atoms with Gasteiger partial charge in [0.15, 0.2) is 0 Å². The number of rotatable bonds is 3. The van der Waals surface area contributed by atoms with Gasteiger partial charge < -0.3 is 4.74 Å². The lowest BCUT2D eigenvalue weighted by Gasteiger charge is -2.19. The van der Waals surface area contributed by atoms with Crippen molar-refractivity contribution in [3.8, 4) is 0 Å². The van der Waals surface area contributed by atoms with Crippen molar-refractivity contribution < 1.29 is 14.3 Å². The van der Waals surface area contributed by atoms with Gasteiger partial charge in [0.1, 0.15) is 0 Å². The maximum absolute atomic E-state index is 12.4. The third kappa shape index (κ3) is 2.43. The molecule has 0 N–H and O–H groups in total. The van der Waals surface area contributed by atoms with E-state index in [0.29, 0.717) is 17.7 Å². The molecule has 2 atom stereocenters. The van der Waals surface area contributed by atoms with Gasteiger partial charge in [0.2, 0.25) is 0 Å². The van der Waals surface area contributed by atoms with Crippen LogP contribution in [0.25, 0.3) is 0 Å². The van der Waals surface area contributed by atoms with Crippen LogP contribution in [0.15, 0.2) is 48.8 Å². The summed E-state index contributed by atoms with van der Waals surface area (Å²) in [5.41, 5.74) is 2.01. The van der Waals surface area contributed by atoms with Crippen LogP contribution < -0.4 is 0 Å². The highest BCUT2D eigenvalue weighted by Gasteiger charge is 2.38. The summed E-state index contributed by atoms with van der Waals surface area (Å²) in [5, 5.41) is 0. The third-order valence-corrected chi connectivity index (χ3v) is 4.43. The van der Waals surface area contributed by atoms with Crippen LogP contribution in [0.4, 0.5) is 0 Å². The molecule has 1 saturated heterocycles. The van der Waals surface area contributed by atoms with E-state index in [9.17, 15) is 9.59 Å². The molecular weight excluding hydrogens is 292 g/mol. The zero-order chi connectivity index (χ0) is 15.8. The fourth-order valence-corrected chi connectivity index (χ4v) is 3.26. The Bertz CT molecular complexity index is 725. The molecule has 5 nitrogen and oxygen atoms in total. The molecule has 23 heavy (non-hydrogen) atoms. The van der Waals surface area contributed by atoms with Crippen LogP contribution in [0, 0.1) is 0 Å². The first-order chi connectivity index (χ1) is 11.2. The molecule has 116 valence electrons. The van der Waals surface area contributed by atoms with Crippen LogP contribution in [0.5, 0.6) is 0 Å². The van der Waals surface area contributed by atoms with Gasteiger partial charge in [0, 0.05) is 12.4 Å². The molecule has 1 aromatic carbocycles. The molecule has 0 aliphatic carbocycles. The monoisotopic (exact) mass is 308 g/mol. The SMILES string of the molecule is O=C1c2ccccc2C(=O)N1CC1CCC(c2cccnc2)O1. The lowest BCUT2D eigenvalue weighted by Crippen LogP contribution is -2.36. The van der Waals surface area contributed by atoms with E-state index in [4.69, 9.17) is 4.74 Å². The average Bonchev–Trinajstić information content (AvgIpc) is 3.16. The van der Waals surface area contributed by atoms with Crippen molar-refractivity contribution in [2.24, 2.45) is 0 Å². The summed E-state index contributed by atoms with van der Waals surface area (Å²) in [6, 6.07) is 10.8. The Hall–Kier alpha value is -2.53. The molecule has 3 heterocycles. The molecule has 1 aromatic heterocycles. The van der Waals surface area contributed by atoms with Gasteiger partial charge in [-0.2, -0.15) is 0 Å². The minimum Gasteiger partial charge on any atom is -0.368 e. The summed E-state index contributed by atoms with van der Waals surface area (Å²) < 4.78 is 6.02. The number of ether oxygens (including phenoxy) is 1.